The third kappa shape index (κ3) is 5.88. The van der Waals surface area contributed by atoms with Crippen LogP contribution in [0.25, 0.3) is 33.3 Å². The average Bonchev–Trinajstić information content (AvgIpc) is 2.97. The van der Waals surface area contributed by atoms with E-state index < -0.39 is 5.97 Å². The highest BCUT2D eigenvalue weighted by Crippen LogP contribution is 2.27. The lowest BCUT2D eigenvalue weighted by Gasteiger charge is -2.09. The van der Waals surface area contributed by atoms with Crippen LogP contribution in [0.3, 0.4) is 0 Å². The molecule has 0 amide bonds. The van der Waals surface area contributed by atoms with E-state index in [4.69, 9.17) is 14.5 Å². The molecule has 38 heavy (non-hydrogen) atoms. The summed E-state index contributed by atoms with van der Waals surface area (Å²) in [6, 6.07) is 30.3. The number of aromatic nitrogens is 2. The van der Waals surface area contributed by atoms with Crippen LogP contribution in [0.4, 0.5) is 0 Å². The summed E-state index contributed by atoms with van der Waals surface area (Å²) in [6.45, 7) is 1.38. The minimum Gasteiger partial charge on any atom is -0.465 e. The summed E-state index contributed by atoms with van der Waals surface area (Å²) in [4.78, 5) is 17.1. The van der Waals surface area contributed by atoms with E-state index in [1.54, 1.807) is 12.1 Å². The maximum Gasteiger partial charge on any atom is 0.338 e. The molecule has 0 radical (unpaired) electrons. The Hall–Kier alpha value is -4.55. The van der Waals surface area contributed by atoms with Crippen LogP contribution in [-0.4, -0.2) is 29.9 Å². The number of ether oxygens (including phenoxy) is 2. The van der Waals surface area contributed by atoms with Crippen LogP contribution in [0.15, 0.2) is 103 Å². The summed E-state index contributed by atoms with van der Waals surface area (Å²) < 4.78 is 11.6. The van der Waals surface area contributed by atoms with Crippen molar-refractivity contribution in [2.75, 3.05) is 13.7 Å². The lowest BCUT2D eigenvalue weighted by atomic mass is 9.99. The van der Waals surface area contributed by atoms with Gasteiger partial charge in [-0.25, -0.2) is 9.78 Å². The zero-order valence-electron chi connectivity index (χ0n) is 21.2. The molecule has 0 saturated carbocycles. The number of carbonyl (C=O) groups excluding carboxylic acids is 1. The van der Waals surface area contributed by atoms with Gasteiger partial charge >= 0.3 is 5.97 Å². The largest absolute Gasteiger partial charge is 0.465 e. The molecule has 6 nitrogen and oxygen atoms in total. The molecule has 190 valence electrons. The molecule has 0 spiro atoms. The number of fused-ring (bicyclic) bond motifs is 1. The molecule has 5 aromatic rings. The second-order valence-electron chi connectivity index (χ2n) is 9.09. The first kappa shape index (κ1) is 25.1. The summed E-state index contributed by atoms with van der Waals surface area (Å²) >= 11 is 0. The number of rotatable bonds is 9. The Kier molecular flexibility index (Phi) is 7.71. The first-order chi connectivity index (χ1) is 18.6. The smallest absolute Gasteiger partial charge is 0.338 e. The van der Waals surface area contributed by atoms with Crippen LogP contribution < -0.4 is 4.73 Å². The highest BCUT2D eigenvalue weighted by atomic mass is 16.5. The second kappa shape index (κ2) is 11.7. The maximum atomic E-state index is 12.4. The molecule has 0 atom stereocenters. The standard InChI is InChI=1S/C32H29N2O4/c1-37-32(35)28-20-31(33-30-17-18-34(36)21-29(28)30)27-15-13-26(14-16-27)25-11-9-23(10-12-25)8-5-19-38-22-24-6-3-2-4-7-24/h2-4,6-7,9-18,20-21,36H,5,8,19,22H2,1H3/q+1. The first-order valence-electron chi connectivity index (χ1n) is 12.6. The van der Waals surface area contributed by atoms with E-state index in [9.17, 15) is 10.0 Å². The first-order valence-corrected chi connectivity index (χ1v) is 12.6. The molecule has 0 bridgehead atoms. The molecule has 0 unspecified atom stereocenters. The molecule has 0 saturated heterocycles. The van der Waals surface area contributed by atoms with Crippen molar-refractivity contribution in [2.45, 2.75) is 19.4 Å². The third-order valence-corrected chi connectivity index (χ3v) is 6.47. The minimum absolute atomic E-state index is 0.348. The van der Waals surface area contributed by atoms with Crippen LogP contribution in [-0.2, 0) is 22.5 Å². The van der Waals surface area contributed by atoms with Crippen LogP contribution in [0.1, 0.15) is 27.9 Å². The highest BCUT2D eigenvalue weighted by molar-refractivity contribution is 6.04. The Labute approximate surface area is 221 Å². The predicted molar refractivity (Wildman–Crippen MR) is 146 cm³/mol. The van der Waals surface area contributed by atoms with E-state index in [0.29, 0.717) is 28.8 Å². The summed E-state index contributed by atoms with van der Waals surface area (Å²) in [5, 5.41) is 10.3. The normalized spacial score (nSPS) is 11.0. The van der Waals surface area contributed by atoms with Crippen molar-refractivity contribution >= 4 is 16.9 Å². The number of hydrogen-bond acceptors (Lipinski definition) is 5. The van der Waals surface area contributed by atoms with Gasteiger partial charge < -0.3 is 9.47 Å². The fourth-order valence-corrected chi connectivity index (χ4v) is 4.43. The molecule has 0 aliphatic rings. The van der Waals surface area contributed by atoms with E-state index in [1.807, 2.05) is 30.3 Å². The summed E-state index contributed by atoms with van der Waals surface area (Å²) in [5.41, 5.74) is 7.20. The van der Waals surface area contributed by atoms with E-state index in [1.165, 1.54) is 30.6 Å². The van der Waals surface area contributed by atoms with Gasteiger partial charge in [0.1, 0.15) is 0 Å². The summed E-state index contributed by atoms with van der Waals surface area (Å²) in [7, 11) is 1.34. The predicted octanol–water partition coefficient (Wildman–Crippen LogP) is 6.03. The third-order valence-electron chi connectivity index (χ3n) is 6.47. The van der Waals surface area contributed by atoms with Crippen LogP contribution in [0.2, 0.25) is 0 Å². The van der Waals surface area contributed by atoms with Crippen molar-refractivity contribution < 1.29 is 24.2 Å². The highest BCUT2D eigenvalue weighted by Gasteiger charge is 2.17. The van der Waals surface area contributed by atoms with E-state index in [2.05, 4.69) is 48.5 Å². The summed E-state index contributed by atoms with van der Waals surface area (Å²) in [5.74, 6) is -0.482. The molecule has 0 aliphatic heterocycles. The minimum atomic E-state index is -0.482. The SMILES string of the molecule is COC(=O)c1cc(-c2ccc(-c3ccc(CCCOCc4ccccc4)cc3)cc2)nc2cc[n+](O)cc12. The summed E-state index contributed by atoms with van der Waals surface area (Å²) in [6.07, 6.45) is 4.87. The van der Waals surface area contributed by atoms with Gasteiger partial charge in [-0.2, -0.15) is 0 Å². The zero-order valence-corrected chi connectivity index (χ0v) is 21.2. The molecular weight excluding hydrogens is 476 g/mol. The van der Waals surface area contributed by atoms with Gasteiger partial charge in [0.05, 0.1) is 35.9 Å². The zero-order chi connectivity index (χ0) is 26.3. The van der Waals surface area contributed by atoms with Gasteiger partial charge in [0.25, 0.3) is 0 Å². The van der Waals surface area contributed by atoms with Gasteiger partial charge in [0, 0.05) is 23.0 Å². The average molecular weight is 506 g/mol. The number of pyridine rings is 2. The Balaban J connectivity index is 1.24. The monoisotopic (exact) mass is 505 g/mol. The Morgan fingerprint density at radius 3 is 2.26 bits per heavy atom. The van der Waals surface area contributed by atoms with Crippen LogP contribution in [0.5, 0.6) is 0 Å². The Morgan fingerprint density at radius 2 is 1.55 bits per heavy atom. The van der Waals surface area contributed by atoms with Crippen molar-refractivity contribution in [3.8, 4) is 22.4 Å². The molecule has 2 aromatic heterocycles. The quantitative estimate of drug-likeness (QED) is 0.115. The molecule has 2 heterocycles. The maximum absolute atomic E-state index is 12.4. The number of methoxy groups -OCH3 is 1. The number of aryl methyl sites for hydroxylation is 1. The van der Waals surface area contributed by atoms with Crippen molar-refractivity contribution in [1.29, 1.82) is 0 Å². The number of benzene rings is 3. The molecule has 0 fully saturated rings. The number of nitrogens with zero attached hydrogens (tertiary/aromatic N) is 2. The Bertz CT molecular complexity index is 1530. The number of hydrogen-bond donors (Lipinski definition) is 1. The second-order valence-corrected chi connectivity index (χ2v) is 9.09. The van der Waals surface area contributed by atoms with Crippen molar-refractivity contribution in [3.05, 3.63) is 120 Å². The lowest BCUT2D eigenvalue weighted by molar-refractivity contribution is -0.904. The van der Waals surface area contributed by atoms with Crippen molar-refractivity contribution in [2.24, 2.45) is 0 Å². The molecule has 6 heteroatoms. The molecule has 0 aliphatic carbocycles. The number of esters is 1. The Morgan fingerprint density at radius 1 is 0.868 bits per heavy atom. The van der Waals surface area contributed by atoms with E-state index >= 15 is 0 Å². The van der Waals surface area contributed by atoms with Gasteiger partial charge in [0.15, 0.2) is 0 Å². The van der Waals surface area contributed by atoms with Crippen LogP contribution in [0, 0.1) is 0 Å². The van der Waals surface area contributed by atoms with Crippen molar-refractivity contribution in [1.82, 2.24) is 4.98 Å². The fraction of sp³-hybridized carbons (Fsp3) is 0.156. The molecule has 3 aromatic carbocycles. The van der Waals surface area contributed by atoms with Gasteiger partial charge in [-0.3, -0.25) is 5.21 Å². The van der Waals surface area contributed by atoms with Gasteiger partial charge in [0.2, 0.25) is 12.4 Å². The van der Waals surface area contributed by atoms with E-state index in [0.717, 1.165) is 40.9 Å². The molecule has 1 N–H and O–H groups in total. The topological polar surface area (TPSA) is 72.5 Å². The van der Waals surface area contributed by atoms with Crippen molar-refractivity contribution in [3.63, 3.8) is 0 Å². The van der Waals surface area contributed by atoms with Crippen LogP contribution >= 0.6 is 0 Å². The lowest BCUT2D eigenvalue weighted by Crippen LogP contribution is -2.28. The van der Waals surface area contributed by atoms with E-state index in [-0.39, 0.29) is 0 Å². The fourth-order valence-electron chi connectivity index (χ4n) is 4.43. The molecule has 5 rings (SSSR count). The van der Waals surface area contributed by atoms with Gasteiger partial charge in [-0.05, 0) is 41.2 Å². The van der Waals surface area contributed by atoms with Gasteiger partial charge in [-0.1, -0.05) is 78.9 Å². The molecular formula is C32H29N2O4+. The van der Waals surface area contributed by atoms with Gasteiger partial charge in [-0.15, -0.1) is 0 Å². The number of carbonyl (C=O) groups is 1.